The van der Waals surface area contributed by atoms with E-state index in [1.165, 1.54) is 24.5 Å². The van der Waals surface area contributed by atoms with Gasteiger partial charge in [0.25, 0.3) is 5.56 Å². The van der Waals surface area contributed by atoms with E-state index in [1.54, 1.807) is 12.1 Å². The maximum atomic E-state index is 12.2. The number of aromatic carboxylic acids is 1. The van der Waals surface area contributed by atoms with Crippen molar-refractivity contribution in [3.8, 4) is 0 Å². The normalized spacial score (nSPS) is 16.6. The van der Waals surface area contributed by atoms with Crippen molar-refractivity contribution in [1.29, 1.82) is 0 Å². The number of urea groups is 1. The number of carbonyl (C=O) groups excluding carboxylic acids is 1. The van der Waals surface area contributed by atoms with Crippen LogP contribution in [0.1, 0.15) is 28.8 Å². The van der Waals surface area contributed by atoms with Crippen molar-refractivity contribution >= 4 is 17.8 Å². The highest BCUT2D eigenvalue weighted by Crippen LogP contribution is 2.14. The lowest BCUT2D eigenvalue weighted by Crippen LogP contribution is -2.51. The maximum Gasteiger partial charge on any atom is 0.335 e. The molecule has 1 aliphatic heterocycles. The van der Waals surface area contributed by atoms with Gasteiger partial charge in [-0.2, -0.15) is 0 Å². The van der Waals surface area contributed by atoms with Crippen LogP contribution in [0.25, 0.3) is 0 Å². The number of benzene rings is 1. The molecule has 9 heteroatoms. The summed E-state index contributed by atoms with van der Waals surface area (Å²) in [7, 11) is 0. The molecule has 9 nitrogen and oxygen atoms in total. The third kappa shape index (κ3) is 4.84. The van der Waals surface area contributed by atoms with Gasteiger partial charge in [-0.15, -0.1) is 0 Å². The number of nitrogens with zero attached hydrogens (tertiary/aromatic N) is 2. The van der Waals surface area contributed by atoms with Crippen molar-refractivity contribution in [2.24, 2.45) is 0 Å². The van der Waals surface area contributed by atoms with Gasteiger partial charge < -0.3 is 25.6 Å². The minimum atomic E-state index is -0.985. The van der Waals surface area contributed by atoms with E-state index in [-0.39, 0.29) is 23.2 Å². The molecule has 0 saturated carbocycles. The van der Waals surface area contributed by atoms with Gasteiger partial charge in [-0.05, 0) is 30.5 Å². The summed E-state index contributed by atoms with van der Waals surface area (Å²) < 4.78 is 0. The van der Waals surface area contributed by atoms with Crippen LogP contribution < -0.4 is 21.1 Å². The molecule has 1 aromatic carbocycles. The minimum Gasteiger partial charge on any atom is -0.478 e. The van der Waals surface area contributed by atoms with Crippen LogP contribution in [0.15, 0.2) is 41.5 Å². The molecule has 27 heavy (non-hydrogen) atoms. The fourth-order valence-electron chi connectivity index (χ4n) is 3.04. The first kappa shape index (κ1) is 18.4. The number of amides is 2. The average Bonchev–Trinajstić information content (AvgIpc) is 2.67. The fraction of sp³-hybridized carbons (Fsp3) is 0.333. The van der Waals surface area contributed by atoms with Crippen molar-refractivity contribution in [2.75, 3.05) is 18.0 Å². The topological polar surface area (TPSA) is 127 Å². The number of anilines is 1. The first-order chi connectivity index (χ1) is 13.0. The highest BCUT2D eigenvalue weighted by atomic mass is 16.4. The Bertz CT molecular complexity index is 865. The highest BCUT2D eigenvalue weighted by molar-refractivity contribution is 5.87. The second kappa shape index (κ2) is 8.35. The lowest BCUT2D eigenvalue weighted by atomic mass is 10.1. The Kier molecular flexibility index (Phi) is 5.70. The number of hydrogen-bond acceptors (Lipinski definition) is 5. The number of carboxylic acids is 1. The summed E-state index contributed by atoms with van der Waals surface area (Å²) in [5.74, 6) is -0.622. The standard InChI is InChI=1S/C18H21N5O4/c24-16-15(19-7-8-20-16)23-9-1-2-14(11-23)22-18(27)21-10-12-3-5-13(6-4-12)17(25)26/h3-8,14H,1-2,9-11H2,(H,20,24)(H,25,26)(H2,21,22,27). The second-order valence-electron chi connectivity index (χ2n) is 6.36. The van der Waals surface area contributed by atoms with Gasteiger partial charge in [0.1, 0.15) is 0 Å². The molecule has 1 unspecified atom stereocenters. The van der Waals surface area contributed by atoms with Crippen LogP contribution in [0.2, 0.25) is 0 Å². The van der Waals surface area contributed by atoms with E-state index in [9.17, 15) is 14.4 Å². The third-order valence-electron chi connectivity index (χ3n) is 4.40. The van der Waals surface area contributed by atoms with E-state index in [0.29, 0.717) is 18.9 Å². The molecule has 2 aromatic rings. The van der Waals surface area contributed by atoms with Gasteiger partial charge >= 0.3 is 12.0 Å². The van der Waals surface area contributed by atoms with Crippen LogP contribution in [0, 0.1) is 0 Å². The summed E-state index contributed by atoms with van der Waals surface area (Å²) in [5, 5.41) is 14.6. The SMILES string of the molecule is O=C(NCc1ccc(C(=O)O)cc1)NC1CCCN(c2ncc[nH]c2=O)C1. The molecule has 0 spiro atoms. The molecular formula is C18H21N5O4. The summed E-state index contributed by atoms with van der Waals surface area (Å²) in [6.07, 6.45) is 4.69. The van der Waals surface area contributed by atoms with Gasteiger partial charge in [-0.1, -0.05) is 12.1 Å². The third-order valence-corrected chi connectivity index (χ3v) is 4.40. The maximum absolute atomic E-state index is 12.2. The number of nitrogens with one attached hydrogen (secondary N) is 3. The quantitative estimate of drug-likeness (QED) is 0.619. The van der Waals surface area contributed by atoms with Gasteiger partial charge in [0.05, 0.1) is 5.56 Å². The zero-order chi connectivity index (χ0) is 19.2. The molecule has 2 amide bonds. The molecule has 0 bridgehead atoms. The molecule has 1 atom stereocenters. The van der Waals surface area contributed by atoms with E-state index in [0.717, 1.165) is 24.9 Å². The zero-order valence-electron chi connectivity index (χ0n) is 14.6. The van der Waals surface area contributed by atoms with Crippen LogP contribution in [0.5, 0.6) is 0 Å². The second-order valence-corrected chi connectivity index (χ2v) is 6.36. The molecule has 0 aliphatic carbocycles. The van der Waals surface area contributed by atoms with E-state index in [4.69, 9.17) is 5.11 Å². The molecule has 0 radical (unpaired) electrons. The van der Waals surface area contributed by atoms with Gasteiger partial charge in [0, 0.05) is 38.1 Å². The van der Waals surface area contributed by atoms with Crippen molar-refractivity contribution < 1.29 is 14.7 Å². The fourth-order valence-corrected chi connectivity index (χ4v) is 3.04. The van der Waals surface area contributed by atoms with Gasteiger partial charge in [0.2, 0.25) is 0 Å². The smallest absolute Gasteiger partial charge is 0.335 e. The lowest BCUT2D eigenvalue weighted by Gasteiger charge is -2.33. The number of carboxylic acid groups (broad SMARTS) is 1. The number of aromatic nitrogens is 2. The molecule has 142 valence electrons. The number of hydrogen-bond donors (Lipinski definition) is 4. The highest BCUT2D eigenvalue weighted by Gasteiger charge is 2.23. The Morgan fingerprint density at radius 1 is 1.30 bits per heavy atom. The van der Waals surface area contributed by atoms with Crippen LogP contribution in [0.3, 0.4) is 0 Å². The van der Waals surface area contributed by atoms with Crippen LogP contribution in [0.4, 0.5) is 10.6 Å². The van der Waals surface area contributed by atoms with Crippen molar-refractivity contribution in [3.05, 3.63) is 58.1 Å². The molecule has 1 aliphatic rings. The van der Waals surface area contributed by atoms with Gasteiger partial charge in [-0.3, -0.25) is 4.79 Å². The summed E-state index contributed by atoms with van der Waals surface area (Å²) in [6, 6.07) is 5.94. The van der Waals surface area contributed by atoms with Crippen LogP contribution >= 0.6 is 0 Å². The number of aromatic amines is 1. The molecule has 3 rings (SSSR count). The minimum absolute atomic E-state index is 0.0884. The Morgan fingerprint density at radius 3 is 2.78 bits per heavy atom. The molecule has 1 fully saturated rings. The number of piperidine rings is 1. The number of carbonyl (C=O) groups is 2. The number of H-pyrrole nitrogens is 1. The van der Waals surface area contributed by atoms with Crippen LogP contribution in [-0.4, -0.2) is 46.2 Å². The predicted molar refractivity (Wildman–Crippen MR) is 98.9 cm³/mol. The van der Waals surface area contributed by atoms with Crippen molar-refractivity contribution in [1.82, 2.24) is 20.6 Å². The number of rotatable bonds is 5. The van der Waals surface area contributed by atoms with E-state index < -0.39 is 5.97 Å². The Hall–Kier alpha value is -3.36. The largest absolute Gasteiger partial charge is 0.478 e. The first-order valence-corrected chi connectivity index (χ1v) is 8.68. The Morgan fingerprint density at radius 2 is 2.07 bits per heavy atom. The van der Waals surface area contributed by atoms with Crippen molar-refractivity contribution in [3.63, 3.8) is 0 Å². The first-order valence-electron chi connectivity index (χ1n) is 8.68. The molecule has 4 N–H and O–H groups in total. The molecule has 1 saturated heterocycles. The average molecular weight is 371 g/mol. The summed E-state index contributed by atoms with van der Waals surface area (Å²) in [4.78, 5) is 43.5. The molecular weight excluding hydrogens is 350 g/mol. The zero-order valence-corrected chi connectivity index (χ0v) is 14.6. The summed E-state index contributed by atoms with van der Waals surface area (Å²) >= 11 is 0. The molecule has 2 heterocycles. The Labute approximate surface area is 155 Å². The predicted octanol–water partition coefficient (Wildman–Crippen LogP) is 0.936. The van der Waals surface area contributed by atoms with E-state index in [2.05, 4.69) is 20.6 Å². The van der Waals surface area contributed by atoms with Crippen LogP contribution in [-0.2, 0) is 6.54 Å². The summed E-state index contributed by atoms with van der Waals surface area (Å²) in [6.45, 7) is 1.53. The molecule has 1 aromatic heterocycles. The Balaban J connectivity index is 1.51. The summed E-state index contributed by atoms with van der Waals surface area (Å²) in [5.41, 5.74) is 0.767. The van der Waals surface area contributed by atoms with E-state index >= 15 is 0 Å². The van der Waals surface area contributed by atoms with Crippen molar-refractivity contribution in [2.45, 2.75) is 25.4 Å². The monoisotopic (exact) mass is 371 g/mol. The van der Waals surface area contributed by atoms with Gasteiger partial charge in [0.15, 0.2) is 5.82 Å². The van der Waals surface area contributed by atoms with Gasteiger partial charge in [-0.25, -0.2) is 14.6 Å². The van der Waals surface area contributed by atoms with E-state index in [1.807, 2.05) is 4.90 Å². The lowest BCUT2D eigenvalue weighted by molar-refractivity contribution is 0.0697.